The molecule has 0 amide bonds. The van der Waals surface area contributed by atoms with Crippen LogP contribution in [0.4, 0.5) is 11.8 Å². The smallest absolute Gasteiger partial charge is 0.374 e. The number of fused-ring (bicyclic) bond motifs is 3. The lowest BCUT2D eigenvalue weighted by molar-refractivity contribution is 0.371. The van der Waals surface area contributed by atoms with Crippen LogP contribution in [-0.2, 0) is 12.8 Å². The van der Waals surface area contributed by atoms with E-state index in [9.17, 15) is 0 Å². The number of aromatic nitrogens is 2. The Balaban J connectivity index is 1.67. The van der Waals surface area contributed by atoms with E-state index in [0.29, 0.717) is 12.1 Å². The summed E-state index contributed by atoms with van der Waals surface area (Å²) in [5, 5.41) is 8.20. The van der Waals surface area contributed by atoms with E-state index in [4.69, 9.17) is 6.57 Å². The molecule has 2 aliphatic rings. The van der Waals surface area contributed by atoms with Gasteiger partial charge in [-0.15, -0.1) is 27.9 Å². The first-order chi connectivity index (χ1) is 11.3. The molecule has 0 radical (unpaired) electrons. The molecule has 0 aliphatic heterocycles. The van der Waals surface area contributed by atoms with Gasteiger partial charge in [0.2, 0.25) is 0 Å². The number of anilines is 1. The van der Waals surface area contributed by atoms with Crippen LogP contribution in [0.25, 0.3) is 15.1 Å². The largest absolute Gasteiger partial charge is 0.394 e. The molecular formula is C17H21N5S. The molecule has 120 valence electrons. The van der Waals surface area contributed by atoms with E-state index < -0.39 is 0 Å². The Kier molecular flexibility index (Phi) is 3.92. The second-order valence-corrected chi connectivity index (χ2v) is 7.59. The Morgan fingerprint density at radius 1 is 1.13 bits per heavy atom. The third-order valence-corrected chi connectivity index (χ3v) is 6.31. The minimum absolute atomic E-state index is 0.267. The zero-order valence-corrected chi connectivity index (χ0v) is 14.2. The summed E-state index contributed by atoms with van der Waals surface area (Å²) >= 11 is 1.75. The van der Waals surface area contributed by atoms with E-state index in [0.717, 1.165) is 36.3 Å². The Morgan fingerprint density at radius 3 is 2.65 bits per heavy atom. The van der Waals surface area contributed by atoms with Crippen LogP contribution in [0.5, 0.6) is 0 Å². The molecule has 0 bridgehead atoms. The molecule has 0 aromatic carbocycles. The molecule has 23 heavy (non-hydrogen) atoms. The third kappa shape index (κ3) is 2.68. The highest BCUT2D eigenvalue weighted by Gasteiger charge is 2.27. The minimum Gasteiger partial charge on any atom is -0.394 e. The molecule has 1 fully saturated rings. The second kappa shape index (κ2) is 6.06. The number of nitrogens with one attached hydrogen (secondary N) is 2. The summed E-state index contributed by atoms with van der Waals surface area (Å²) < 4.78 is 0. The summed E-state index contributed by atoms with van der Waals surface area (Å²) in [4.78, 5) is 14.9. The Bertz CT molecular complexity index is 767. The molecule has 0 atom stereocenters. The van der Waals surface area contributed by atoms with E-state index in [1.165, 1.54) is 35.1 Å². The second-order valence-electron chi connectivity index (χ2n) is 6.50. The zero-order valence-electron chi connectivity index (χ0n) is 13.4. The van der Waals surface area contributed by atoms with Gasteiger partial charge in [-0.2, -0.15) is 0 Å². The molecule has 2 aliphatic carbocycles. The predicted octanol–water partition coefficient (Wildman–Crippen LogP) is 3.67. The van der Waals surface area contributed by atoms with Gasteiger partial charge in [0.15, 0.2) is 10.6 Å². The van der Waals surface area contributed by atoms with Crippen molar-refractivity contribution < 1.29 is 0 Å². The van der Waals surface area contributed by atoms with Crippen molar-refractivity contribution in [3.63, 3.8) is 0 Å². The Morgan fingerprint density at radius 2 is 1.91 bits per heavy atom. The van der Waals surface area contributed by atoms with Gasteiger partial charge in [0.05, 0.1) is 5.39 Å². The summed E-state index contributed by atoms with van der Waals surface area (Å²) in [5.41, 5.74) is 1.42. The van der Waals surface area contributed by atoms with Crippen LogP contribution in [0.15, 0.2) is 0 Å². The summed E-state index contributed by atoms with van der Waals surface area (Å²) in [6.07, 6.45) is 8.19. The SMILES string of the molecule is [C-]#[N+]c1nc(NC2CCC(NC)CC2)c2c3c(sc2n1)CCC3. The van der Waals surface area contributed by atoms with Crippen molar-refractivity contribution in [1.29, 1.82) is 0 Å². The molecule has 0 unspecified atom stereocenters. The lowest BCUT2D eigenvalue weighted by atomic mass is 9.91. The van der Waals surface area contributed by atoms with Gasteiger partial charge in [-0.3, -0.25) is 0 Å². The van der Waals surface area contributed by atoms with Crippen molar-refractivity contribution in [2.75, 3.05) is 12.4 Å². The molecule has 6 heteroatoms. The maximum absolute atomic E-state index is 7.27. The van der Waals surface area contributed by atoms with Gasteiger partial charge in [0, 0.05) is 17.0 Å². The summed E-state index contributed by atoms with van der Waals surface area (Å²) in [6, 6.07) is 1.09. The quantitative estimate of drug-likeness (QED) is 0.845. The minimum atomic E-state index is 0.267. The van der Waals surface area contributed by atoms with Crippen molar-refractivity contribution in [2.24, 2.45) is 0 Å². The molecule has 1 saturated carbocycles. The number of thiophene rings is 1. The number of hydrogen-bond acceptors (Lipinski definition) is 5. The molecule has 5 nitrogen and oxygen atoms in total. The van der Waals surface area contributed by atoms with Crippen molar-refractivity contribution in [3.05, 3.63) is 21.9 Å². The zero-order chi connectivity index (χ0) is 15.8. The average Bonchev–Trinajstić information content (AvgIpc) is 3.15. The van der Waals surface area contributed by atoms with Crippen molar-refractivity contribution in [3.8, 4) is 0 Å². The molecule has 0 spiro atoms. The topological polar surface area (TPSA) is 54.2 Å². The molecule has 4 rings (SSSR count). The first-order valence-electron chi connectivity index (χ1n) is 8.42. The van der Waals surface area contributed by atoms with Gasteiger partial charge in [-0.05, 0) is 57.6 Å². The normalized spacial score (nSPS) is 23.7. The van der Waals surface area contributed by atoms with Crippen LogP contribution < -0.4 is 10.6 Å². The van der Waals surface area contributed by atoms with E-state index in [-0.39, 0.29) is 5.95 Å². The van der Waals surface area contributed by atoms with E-state index in [1.54, 1.807) is 11.3 Å². The van der Waals surface area contributed by atoms with Crippen LogP contribution in [-0.4, -0.2) is 29.1 Å². The van der Waals surface area contributed by atoms with Crippen LogP contribution in [0, 0.1) is 6.57 Å². The molecule has 2 N–H and O–H groups in total. The summed E-state index contributed by atoms with van der Waals surface area (Å²) in [5.74, 6) is 1.16. The van der Waals surface area contributed by atoms with Crippen LogP contribution in [0.3, 0.4) is 0 Å². The Labute approximate surface area is 140 Å². The maximum atomic E-state index is 7.27. The number of hydrogen-bond donors (Lipinski definition) is 2. The van der Waals surface area contributed by atoms with Gasteiger partial charge in [-0.1, -0.05) is 0 Å². The summed E-state index contributed by atoms with van der Waals surface area (Å²) in [6.45, 7) is 7.27. The maximum Gasteiger partial charge on any atom is 0.374 e. The Hall–Kier alpha value is -1.71. The number of aryl methyl sites for hydroxylation is 2. The highest BCUT2D eigenvalue weighted by Crippen LogP contribution is 2.40. The summed E-state index contributed by atoms with van der Waals surface area (Å²) in [7, 11) is 2.04. The molecule has 2 aromatic rings. The van der Waals surface area contributed by atoms with E-state index >= 15 is 0 Å². The van der Waals surface area contributed by atoms with Crippen LogP contribution >= 0.6 is 11.3 Å². The number of nitrogens with zero attached hydrogens (tertiary/aromatic N) is 3. The fraction of sp³-hybridized carbons (Fsp3) is 0.588. The molecule has 2 aromatic heterocycles. The van der Waals surface area contributed by atoms with Crippen molar-refractivity contribution in [1.82, 2.24) is 15.3 Å². The fourth-order valence-electron chi connectivity index (χ4n) is 3.86. The third-order valence-electron chi connectivity index (χ3n) is 5.13. The molecular weight excluding hydrogens is 306 g/mol. The van der Waals surface area contributed by atoms with Gasteiger partial charge in [-0.25, -0.2) is 0 Å². The fourth-order valence-corrected chi connectivity index (χ4v) is 5.12. The van der Waals surface area contributed by atoms with Gasteiger partial charge < -0.3 is 15.5 Å². The van der Waals surface area contributed by atoms with Gasteiger partial charge in [0.1, 0.15) is 0 Å². The molecule has 0 saturated heterocycles. The monoisotopic (exact) mass is 327 g/mol. The number of rotatable bonds is 3. The standard InChI is InChI=1S/C17H21N5S/c1-18-10-6-8-11(9-7-10)20-15-14-12-4-3-5-13(12)23-16(14)22-17(19-2)21-15/h10-11,18H,3-9H2,1H3,(H,20,21,22). The van der Waals surface area contributed by atoms with Gasteiger partial charge >= 0.3 is 5.95 Å². The predicted molar refractivity (Wildman–Crippen MR) is 94.4 cm³/mol. The first kappa shape index (κ1) is 14.9. The highest BCUT2D eigenvalue weighted by molar-refractivity contribution is 7.19. The lowest BCUT2D eigenvalue weighted by Crippen LogP contribution is -2.35. The van der Waals surface area contributed by atoms with E-state index in [2.05, 4.69) is 25.4 Å². The lowest BCUT2D eigenvalue weighted by Gasteiger charge is -2.28. The van der Waals surface area contributed by atoms with Crippen LogP contribution in [0.2, 0.25) is 0 Å². The average molecular weight is 327 g/mol. The van der Waals surface area contributed by atoms with Gasteiger partial charge in [0.25, 0.3) is 0 Å². The highest BCUT2D eigenvalue weighted by atomic mass is 32.1. The van der Waals surface area contributed by atoms with E-state index in [1.807, 2.05) is 7.05 Å². The first-order valence-corrected chi connectivity index (χ1v) is 9.23. The van der Waals surface area contributed by atoms with Crippen LogP contribution in [0.1, 0.15) is 42.5 Å². The molecule has 2 heterocycles. The van der Waals surface area contributed by atoms with Crippen molar-refractivity contribution >= 4 is 33.3 Å². The van der Waals surface area contributed by atoms with Crippen molar-refractivity contribution in [2.45, 2.75) is 57.0 Å².